The summed E-state index contributed by atoms with van der Waals surface area (Å²) in [4.78, 5) is 21.9. The Balaban J connectivity index is 1.95. The van der Waals surface area contributed by atoms with Gasteiger partial charge in [0, 0.05) is 5.02 Å². The largest absolute Gasteiger partial charge is 0.462 e. The molecular formula is C20H17ClN4O2. The zero-order valence-corrected chi connectivity index (χ0v) is 15.4. The van der Waals surface area contributed by atoms with Gasteiger partial charge >= 0.3 is 5.97 Å². The minimum Gasteiger partial charge on any atom is -0.462 e. The number of rotatable bonds is 4. The predicted octanol–water partition coefficient (Wildman–Crippen LogP) is 4.05. The van der Waals surface area contributed by atoms with E-state index in [9.17, 15) is 4.79 Å². The van der Waals surface area contributed by atoms with Crippen LogP contribution in [-0.2, 0) is 11.3 Å². The van der Waals surface area contributed by atoms with Crippen LogP contribution in [0.1, 0.15) is 22.8 Å². The van der Waals surface area contributed by atoms with E-state index >= 15 is 0 Å². The highest BCUT2D eigenvalue weighted by molar-refractivity contribution is 6.30. The van der Waals surface area contributed by atoms with Gasteiger partial charge < -0.3 is 15.0 Å². The summed E-state index contributed by atoms with van der Waals surface area (Å²) in [6, 6.07) is 14.9. The second-order valence-corrected chi connectivity index (χ2v) is 6.51. The first-order valence-corrected chi connectivity index (χ1v) is 8.92. The van der Waals surface area contributed by atoms with Crippen molar-refractivity contribution in [2.45, 2.75) is 13.5 Å². The van der Waals surface area contributed by atoms with Gasteiger partial charge in [0.2, 0.25) is 0 Å². The minimum absolute atomic E-state index is 0.249. The number of hydrogen-bond donors (Lipinski definition) is 1. The molecule has 136 valence electrons. The van der Waals surface area contributed by atoms with Crippen molar-refractivity contribution in [2.24, 2.45) is 0 Å². The molecule has 2 heterocycles. The maximum Gasteiger partial charge on any atom is 0.344 e. The Morgan fingerprint density at radius 3 is 2.44 bits per heavy atom. The molecule has 27 heavy (non-hydrogen) atoms. The van der Waals surface area contributed by atoms with Crippen molar-refractivity contribution in [2.75, 3.05) is 12.3 Å². The molecule has 0 saturated heterocycles. The fourth-order valence-corrected chi connectivity index (χ4v) is 3.18. The van der Waals surface area contributed by atoms with E-state index in [1.807, 2.05) is 48.5 Å². The summed E-state index contributed by atoms with van der Waals surface area (Å²) >= 11 is 5.97. The lowest BCUT2D eigenvalue weighted by atomic mass is 10.2. The fourth-order valence-electron chi connectivity index (χ4n) is 3.05. The molecule has 0 spiro atoms. The maximum absolute atomic E-state index is 12.5. The van der Waals surface area contributed by atoms with Crippen LogP contribution in [0.5, 0.6) is 0 Å². The molecule has 0 aliphatic heterocycles. The molecule has 0 amide bonds. The number of carbonyl (C=O) groups is 1. The SMILES string of the molecule is CCOC(=O)c1c(N)n(Cc2ccc(Cl)cc2)c2nc3ccccc3nc12. The number of hydrogen-bond acceptors (Lipinski definition) is 5. The van der Waals surface area contributed by atoms with Crippen LogP contribution >= 0.6 is 11.6 Å². The van der Waals surface area contributed by atoms with Gasteiger partial charge in [-0.25, -0.2) is 14.8 Å². The van der Waals surface area contributed by atoms with Gasteiger partial charge in [-0.3, -0.25) is 0 Å². The molecule has 2 N–H and O–H groups in total. The van der Waals surface area contributed by atoms with Crippen LogP contribution in [0.2, 0.25) is 5.02 Å². The number of ether oxygens (including phenoxy) is 1. The number of fused-ring (bicyclic) bond motifs is 2. The lowest BCUT2D eigenvalue weighted by Crippen LogP contribution is -2.10. The maximum atomic E-state index is 12.5. The molecule has 0 bridgehead atoms. The van der Waals surface area contributed by atoms with Gasteiger partial charge in [-0.2, -0.15) is 0 Å². The van der Waals surface area contributed by atoms with E-state index in [2.05, 4.69) is 4.98 Å². The van der Waals surface area contributed by atoms with Gasteiger partial charge in [-0.1, -0.05) is 35.9 Å². The number of halogens is 1. The summed E-state index contributed by atoms with van der Waals surface area (Å²) in [5.74, 6) is -0.215. The van der Waals surface area contributed by atoms with Gasteiger partial charge in [-0.15, -0.1) is 0 Å². The number of benzene rings is 2. The Hall–Kier alpha value is -3.12. The zero-order chi connectivity index (χ0) is 19.0. The Bertz CT molecular complexity index is 1150. The molecule has 0 fully saturated rings. The van der Waals surface area contributed by atoms with Gasteiger partial charge in [0.05, 0.1) is 24.2 Å². The van der Waals surface area contributed by atoms with Crippen molar-refractivity contribution in [3.63, 3.8) is 0 Å². The smallest absolute Gasteiger partial charge is 0.344 e. The van der Waals surface area contributed by atoms with Gasteiger partial charge in [0.15, 0.2) is 5.65 Å². The van der Waals surface area contributed by atoms with Gasteiger partial charge in [-0.05, 0) is 36.8 Å². The summed E-state index contributed by atoms with van der Waals surface area (Å²) < 4.78 is 6.97. The van der Waals surface area contributed by atoms with Gasteiger partial charge in [0.25, 0.3) is 0 Å². The summed E-state index contributed by atoms with van der Waals surface area (Å²) in [5.41, 5.74) is 9.99. The lowest BCUT2D eigenvalue weighted by molar-refractivity contribution is 0.0529. The van der Waals surface area contributed by atoms with Crippen molar-refractivity contribution < 1.29 is 9.53 Å². The van der Waals surface area contributed by atoms with E-state index < -0.39 is 5.97 Å². The first kappa shape index (κ1) is 17.3. The second-order valence-electron chi connectivity index (χ2n) is 6.08. The monoisotopic (exact) mass is 380 g/mol. The molecule has 4 rings (SSSR count). The summed E-state index contributed by atoms with van der Waals surface area (Å²) in [7, 11) is 0. The number of nitrogen functional groups attached to an aromatic ring is 1. The van der Waals surface area contributed by atoms with Crippen LogP contribution in [0.25, 0.3) is 22.2 Å². The number of para-hydroxylation sites is 2. The van der Waals surface area contributed by atoms with Crippen LogP contribution < -0.4 is 5.73 Å². The summed E-state index contributed by atoms with van der Waals surface area (Å²) in [6.07, 6.45) is 0. The Morgan fingerprint density at radius 2 is 1.78 bits per heavy atom. The van der Waals surface area contributed by atoms with Crippen LogP contribution in [0.3, 0.4) is 0 Å². The van der Waals surface area contributed by atoms with Crippen molar-refractivity contribution in [3.8, 4) is 0 Å². The van der Waals surface area contributed by atoms with E-state index in [-0.39, 0.29) is 18.0 Å². The normalized spacial score (nSPS) is 11.2. The summed E-state index contributed by atoms with van der Waals surface area (Å²) in [5, 5.41) is 0.655. The van der Waals surface area contributed by atoms with E-state index in [0.717, 1.165) is 11.1 Å². The molecule has 0 atom stereocenters. The Morgan fingerprint density at radius 1 is 1.11 bits per heavy atom. The first-order chi connectivity index (χ1) is 13.1. The highest BCUT2D eigenvalue weighted by Gasteiger charge is 2.25. The third-order valence-corrected chi connectivity index (χ3v) is 4.58. The van der Waals surface area contributed by atoms with Crippen LogP contribution in [-0.4, -0.2) is 27.1 Å². The van der Waals surface area contributed by atoms with E-state index in [4.69, 9.17) is 27.1 Å². The van der Waals surface area contributed by atoms with E-state index in [0.29, 0.717) is 28.2 Å². The van der Waals surface area contributed by atoms with E-state index in [1.54, 1.807) is 11.5 Å². The topological polar surface area (TPSA) is 83.0 Å². The molecule has 0 unspecified atom stereocenters. The number of nitrogens with zero attached hydrogens (tertiary/aromatic N) is 3. The minimum atomic E-state index is -0.501. The predicted molar refractivity (Wildman–Crippen MR) is 106 cm³/mol. The molecule has 7 heteroatoms. The van der Waals surface area contributed by atoms with Crippen LogP contribution in [0.4, 0.5) is 5.82 Å². The molecule has 4 aromatic rings. The highest BCUT2D eigenvalue weighted by atomic mass is 35.5. The zero-order valence-electron chi connectivity index (χ0n) is 14.6. The fraction of sp³-hybridized carbons (Fsp3) is 0.150. The third-order valence-electron chi connectivity index (χ3n) is 4.33. The Labute approximate surface area is 160 Å². The molecule has 0 radical (unpaired) electrons. The van der Waals surface area contributed by atoms with Crippen molar-refractivity contribution >= 4 is 45.6 Å². The number of esters is 1. The van der Waals surface area contributed by atoms with Gasteiger partial charge in [0.1, 0.15) is 16.9 Å². The number of nitrogens with two attached hydrogens (primary N) is 1. The summed E-state index contributed by atoms with van der Waals surface area (Å²) in [6.45, 7) is 2.44. The number of carbonyl (C=O) groups excluding carboxylic acids is 1. The van der Waals surface area contributed by atoms with Crippen molar-refractivity contribution in [3.05, 3.63) is 64.7 Å². The van der Waals surface area contributed by atoms with E-state index in [1.165, 1.54) is 0 Å². The molecule has 2 aromatic heterocycles. The molecule has 6 nitrogen and oxygen atoms in total. The first-order valence-electron chi connectivity index (χ1n) is 8.54. The quantitative estimate of drug-likeness (QED) is 0.540. The highest BCUT2D eigenvalue weighted by Crippen LogP contribution is 2.29. The van der Waals surface area contributed by atoms with Crippen molar-refractivity contribution in [1.82, 2.24) is 14.5 Å². The molecule has 0 aliphatic rings. The lowest BCUT2D eigenvalue weighted by Gasteiger charge is -2.08. The Kier molecular flexibility index (Phi) is 4.41. The standard InChI is InChI=1S/C20H17ClN4O2/c1-2-27-20(26)16-17-19(24-15-6-4-3-5-14(15)23-17)25(18(16)22)11-12-7-9-13(21)10-8-12/h3-10H,2,11,22H2,1H3. The average Bonchev–Trinajstić information content (AvgIpc) is 2.93. The van der Waals surface area contributed by atoms with Crippen LogP contribution in [0.15, 0.2) is 48.5 Å². The number of anilines is 1. The number of aromatic nitrogens is 3. The molecule has 2 aromatic carbocycles. The average molecular weight is 381 g/mol. The second kappa shape index (κ2) is 6.89. The van der Waals surface area contributed by atoms with Crippen LogP contribution in [0, 0.1) is 0 Å². The van der Waals surface area contributed by atoms with Crippen molar-refractivity contribution in [1.29, 1.82) is 0 Å². The molecular weight excluding hydrogens is 364 g/mol. The molecule has 0 aliphatic carbocycles. The molecule has 0 saturated carbocycles. The third kappa shape index (κ3) is 3.08.